The molecule has 0 spiro atoms. The van der Waals surface area contributed by atoms with Crippen molar-refractivity contribution in [2.24, 2.45) is 10.7 Å². The summed E-state index contributed by atoms with van der Waals surface area (Å²) in [6.45, 7) is 10.6. The number of imidazole rings is 1. The van der Waals surface area contributed by atoms with Crippen LogP contribution in [0.1, 0.15) is 32.3 Å². The summed E-state index contributed by atoms with van der Waals surface area (Å²) in [5.74, 6) is 1.86. The molecule has 0 bridgehead atoms. The monoisotopic (exact) mass is 443 g/mol. The topological polar surface area (TPSA) is 84.4 Å². The molecule has 2 aromatic heterocycles. The van der Waals surface area contributed by atoms with E-state index >= 15 is 0 Å². The van der Waals surface area contributed by atoms with Crippen LogP contribution in [0.15, 0.2) is 59.9 Å². The summed E-state index contributed by atoms with van der Waals surface area (Å²) in [5, 5.41) is 3.11. The highest BCUT2D eigenvalue weighted by atomic mass is 15.2. The molecule has 1 aromatic carbocycles. The van der Waals surface area contributed by atoms with Crippen molar-refractivity contribution < 1.29 is 0 Å². The van der Waals surface area contributed by atoms with Crippen LogP contribution in [0.4, 0.5) is 5.82 Å². The molecule has 0 radical (unpaired) electrons. The van der Waals surface area contributed by atoms with Gasteiger partial charge in [0.05, 0.1) is 17.6 Å². The molecule has 3 N–H and O–H groups in total. The maximum absolute atomic E-state index is 6.34. The van der Waals surface area contributed by atoms with Crippen LogP contribution in [-0.4, -0.2) is 46.9 Å². The van der Waals surface area contributed by atoms with Crippen LogP contribution < -0.4 is 16.0 Å². The van der Waals surface area contributed by atoms with Gasteiger partial charge in [0.2, 0.25) is 0 Å². The van der Waals surface area contributed by atoms with Crippen LogP contribution in [0, 0.1) is 0 Å². The lowest BCUT2D eigenvalue weighted by atomic mass is 10.1. The number of rotatable bonds is 8. The van der Waals surface area contributed by atoms with Crippen molar-refractivity contribution in [1.82, 2.24) is 19.9 Å². The highest BCUT2D eigenvalue weighted by Gasteiger charge is 2.22. The fourth-order valence-corrected chi connectivity index (χ4v) is 4.29. The molecule has 1 unspecified atom stereocenters. The minimum Gasteiger partial charge on any atom is -0.401 e. The second-order valence-corrected chi connectivity index (χ2v) is 8.43. The van der Waals surface area contributed by atoms with Crippen LogP contribution in [0.2, 0.25) is 0 Å². The fraction of sp³-hybridized carbons (Fsp3) is 0.346. The summed E-state index contributed by atoms with van der Waals surface area (Å²) in [5.41, 5.74) is 11.8. The first kappa shape index (κ1) is 22.6. The molecular formula is C26H33N7. The Labute approximate surface area is 195 Å². The molecule has 1 fully saturated rings. The van der Waals surface area contributed by atoms with Gasteiger partial charge >= 0.3 is 0 Å². The van der Waals surface area contributed by atoms with Crippen molar-refractivity contribution in [2.45, 2.75) is 39.3 Å². The lowest BCUT2D eigenvalue weighted by Gasteiger charge is -2.22. The molecule has 4 rings (SSSR count). The van der Waals surface area contributed by atoms with Crippen molar-refractivity contribution in [1.29, 1.82) is 0 Å². The zero-order chi connectivity index (χ0) is 23.4. The van der Waals surface area contributed by atoms with E-state index in [9.17, 15) is 0 Å². The molecule has 3 aromatic rings. The van der Waals surface area contributed by atoms with Gasteiger partial charge in [-0.25, -0.2) is 9.97 Å². The number of benzene rings is 1. The number of aliphatic imine (C=N–C) groups is 1. The Morgan fingerprint density at radius 1 is 1.33 bits per heavy atom. The normalized spacial score (nSPS) is 16.8. The zero-order valence-electron chi connectivity index (χ0n) is 19.8. The van der Waals surface area contributed by atoms with Gasteiger partial charge in [-0.05, 0) is 62.6 Å². The highest BCUT2D eigenvalue weighted by molar-refractivity contribution is 5.84. The minimum atomic E-state index is 0.513. The Bertz CT molecular complexity index is 1190. The Hall–Kier alpha value is -3.61. The van der Waals surface area contributed by atoms with Gasteiger partial charge in [-0.15, -0.1) is 0 Å². The van der Waals surface area contributed by atoms with Crippen molar-refractivity contribution >= 4 is 28.8 Å². The van der Waals surface area contributed by atoms with Gasteiger partial charge in [0, 0.05) is 55.5 Å². The molecule has 0 aliphatic carbocycles. The van der Waals surface area contributed by atoms with Gasteiger partial charge in [0.15, 0.2) is 0 Å². The second-order valence-electron chi connectivity index (χ2n) is 8.43. The molecule has 33 heavy (non-hydrogen) atoms. The highest BCUT2D eigenvalue weighted by Crippen LogP contribution is 2.29. The lowest BCUT2D eigenvalue weighted by molar-refractivity contribution is 0.727. The third-order valence-electron chi connectivity index (χ3n) is 6.17. The van der Waals surface area contributed by atoms with E-state index < -0.39 is 0 Å². The van der Waals surface area contributed by atoms with Crippen molar-refractivity contribution in [3.05, 3.63) is 60.4 Å². The van der Waals surface area contributed by atoms with Crippen LogP contribution >= 0.6 is 0 Å². The predicted octanol–water partition coefficient (Wildman–Crippen LogP) is 4.21. The van der Waals surface area contributed by atoms with E-state index in [0.29, 0.717) is 18.3 Å². The van der Waals surface area contributed by atoms with Gasteiger partial charge in [0.1, 0.15) is 11.6 Å². The number of nitrogens with zero attached hydrogens (tertiary/aromatic N) is 5. The maximum Gasteiger partial charge on any atom is 0.143 e. The SMILES string of the molecule is C=C(NC)c1ccc2c(c1)nc(-c1ccc(N3CCCC3C)nc1)n2CC(N)=CC=NCC. The van der Waals surface area contributed by atoms with E-state index in [1.54, 1.807) is 6.21 Å². The van der Waals surface area contributed by atoms with Gasteiger partial charge in [-0.2, -0.15) is 0 Å². The summed E-state index contributed by atoms with van der Waals surface area (Å²) in [6.07, 6.45) is 7.97. The Balaban J connectivity index is 1.75. The summed E-state index contributed by atoms with van der Waals surface area (Å²) < 4.78 is 2.14. The molecule has 1 aliphatic rings. The number of fused-ring (bicyclic) bond motifs is 1. The third kappa shape index (κ3) is 4.77. The van der Waals surface area contributed by atoms with Crippen LogP contribution in [0.3, 0.4) is 0 Å². The van der Waals surface area contributed by atoms with Crippen LogP contribution in [-0.2, 0) is 6.54 Å². The fourth-order valence-electron chi connectivity index (χ4n) is 4.29. The van der Waals surface area contributed by atoms with E-state index in [1.165, 1.54) is 12.8 Å². The number of nitrogens with two attached hydrogens (primary N) is 1. The average molecular weight is 444 g/mol. The predicted molar refractivity (Wildman–Crippen MR) is 138 cm³/mol. The van der Waals surface area contributed by atoms with Crippen LogP contribution in [0.25, 0.3) is 28.1 Å². The maximum atomic E-state index is 6.34. The average Bonchev–Trinajstić information content (AvgIpc) is 3.42. The largest absolute Gasteiger partial charge is 0.401 e. The first-order valence-electron chi connectivity index (χ1n) is 11.6. The Morgan fingerprint density at radius 3 is 2.85 bits per heavy atom. The molecule has 0 amide bonds. The van der Waals surface area contributed by atoms with Crippen molar-refractivity contribution in [2.75, 3.05) is 25.0 Å². The smallest absolute Gasteiger partial charge is 0.143 e. The number of allylic oxidation sites excluding steroid dienone is 2. The number of pyridine rings is 1. The van der Waals surface area contributed by atoms with Crippen molar-refractivity contribution in [3.63, 3.8) is 0 Å². The molecule has 7 heteroatoms. The standard InChI is InChI=1S/C26H33N7/c1-5-29-13-12-22(27)17-33-24-10-8-20(19(3)28-4)15-23(24)31-26(33)21-9-11-25(30-16-21)32-14-6-7-18(32)2/h8-13,15-16,18,28H,3,5-7,14,17,27H2,1-2,4H3. The summed E-state index contributed by atoms with van der Waals surface area (Å²) in [4.78, 5) is 16.4. The zero-order valence-corrected chi connectivity index (χ0v) is 19.8. The third-order valence-corrected chi connectivity index (χ3v) is 6.17. The van der Waals surface area contributed by atoms with E-state index in [1.807, 2.05) is 26.2 Å². The van der Waals surface area contributed by atoms with Gasteiger partial charge in [-0.3, -0.25) is 4.99 Å². The van der Waals surface area contributed by atoms with Crippen molar-refractivity contribution in [3.8, 4) is 11.4 Å². The van der Waals surface area contributed by atoms with Gasteiger partial charge < -0.3 is 20.5 Å². The van der Waals surface area contributed by atoms with Crippen LogP contribution in [0.5, 0.6) is 0 Å². The first-order valence-corrected chi connectivity index (χ1v) is 11.6. The molecule has 0 saturated carbocycles. The molecule has 1 saturated heterocycles. The Kier molecular flexibility index (Phi) is 6.77. The Morgan fingerprint density at radius 2 is 2.18 bits per heavy atom. The quantitative estimate of drug-likeness (QED) is 0.510. The number of nitrogens with one attached hydrogen (secondary N) is 1. The lowest BCUT2D eigenvalue weighted by Crippen LogP contribution is -2.26. The molecule has 172 valence electrons. The van der Waals surface area contributed by atoms with Gasteiger partial charge in [-0.1, -0.05) is 12.6 Å². The second kappa shape index (κ2) is 9.90. The minimum absolute atomic E-state index is 0.513. The summed E-state index contributed by atoms with van der Waals surface area (Å²) in [6, 6.07) is 10.9. The summed E-state index contributed by atoms with van der Waals surface area (Å²) >= 11 is 0. The van der Waals surface area contributed by atoms with E-state index in [2.05, 4.69) is 63.6 Å². The number of aromatic nitrogens is 3. The molecule has 3 heterocycles. The molecule has 1 aliphatic heterocycles. The van der Waals surface area contributed by atoms with E-state index in [-0.39, 0.29) is 0 Å². The number of hydrogen-bond donors (Lipinski definition) is 2. The van der Waals surface area contributed by atoms with E-state index in [0.717, 1.165) is 52.6 Å². The molecule has 1 atom stereocenters. The van der Waals surface area contributed by atoms with E-state index in [4.69, 9.17) is 15.7 Å². The first-order chi connectivity index (χ1) is 16.0. The molecular weight excluding hydrogens is 410 g/mol. The summed E-state index contributed by atoms with van der Waals surface area (Å²) in [7, 11) is 1.87. The molecule has 7 nitrogen and oxygen atoms in total. The number of anilines is 1. The number of hydrogen-bond acceptors (Lipinski definition) is 6. The van der Waals surface area contributed by atoms with Gasteiger partial charge in [0.25, 0.3) is 0 Å².